The largest absolute Gasteiger partial charge is 0.469 e. The van der Waals surface area contributed by atoms with E-state index in [4.69, 9.17) is 16.0 Å². The summed E-state index contributed by atoms with van der Waals surface area (Å²) >= 11 is 7.75. The lowest BCUT2D eigenvalue weighted by Crippen LogP contribution is -2.48. The van der Waals surface area contributed by atoms with Gasteiger partial charge in [-0.15, -0.1) is 0 Å². The van der Waals surface area contributed by atoms with E-state index >= 15 is 0 Å². The molecule has 7 heteroatoms. The number of carbonyl (C=O) groups excluding carboxylic acids is 2. The van der Waals surface area contributed by atoms with E-state index in [0.717, 1.165) is 36.3 Å². The van der Waals surface area contributed by atoms with Crippen LogP contribution in [0.1, 0.15) is 47.0 Å². The fourth-order valence-electron chi connectivity index (χ4n) is 3.29. The van der Waals surface area contributed by atoms with Gasteiger partial charge >= 0.3 is 0 Å². The van der Waals surface area contributed by atoms with Crippen molar-refractivity contribution >= 4 is 35.2 Å². The Morgan fingerprint density at radius 3 is 2.93 bits per heavy atom. The maximum absolute atomic E-state index is 12.9. The van der Waals surface area contributed by atoms with Gasteiger partial charge in [0, 0.05) is 12.0 Å². The summed E-state index contributed by atoms with van der Waals surface area (Å²) in [4.78, 5) is 25.5. The number of fused-ring (bicyclic) bond motifs is 1. The highest BCUT2D eigenvalue weighted by atomic mass is 35.5. The Morgan fingerprint density at radius 2 is 2.15 bits per heavy atom. The van der Waals surface area contributed by atoms with E-state index in [2.05, 4.69) is 10.6 Å². The Morgan fingerprint density at radius 1 is 1.33 bits per heavy atom. The van der Waals surface area contributed by atoms with Crippen LogP contribution in [-0.4, -0.2) is 29.9 Å². The molecule has 2 aromatic rings. The molecule has 0 saturated heterocycles. The molecule has 1 aliphatic carbocycles. The first kappa shape index (κ1) is 19.8. The molecular formula is C20H23ClN2O3S. The third-order valence-electron chi connectivity index (χ3n) is 4.72. The summed E-state index contributed by atoms with van der Waals surface area (Å²) in [7, 11) is 0. The van der Waals surface area contributed by atoms with Crippen LogP contribution < -0.4 is 10.6 Å². The molecule has 2 amide bonds. The minimum absolute atomic E-state index is 0.0750. The van der Waals surface area contributed by atoms with Crippen LogP contribution in [0.2, 0.25) is 5.02 Å². The molecule has 2 N–H and O–H groups in total. The minimum atomic E-state index is -0.612. The van der Waals surface area contributed by atoms with Gasteiger partial charge in [0.1, 0.15) is 11.8 Å². The number of rotatable bonds is 7. The normalized spacial score (nSPS) is 17.0. The van der Waals surface area contributed by atoms with Crippen LogP contribution in [0.5, 0.6) is 0 Å². The molecule has 5 nitrogen and oxygen atoms in total. The SMILES string of the molecule is CSCCC(NC(=O)c1ccccc1Cl)C(=O)NC1CCCc2occc21. The van der Waals surface area contributed by atoms with Crippen molar-refractivity contribution < 1.29 is 14.0 Å². The van der Waals surface area contributed by atoms with Crippen LogP contribution in [0.25, 0.3) is 0 Å². The smallest absolute Gasteiger partial charge is 0.253 e. The van der Waals surface area contributed by atoms with E-state index < -0.39 is 6.04 Å². The monoisotopic (exact) mass is 406 g/mol. The van der Waals surface area contributed by atoms with Crippen LogP contribution in [0.3, 0.4) is 0 Å². The van der Waals surface area contributed by atoms with Gasteiger partial charge < -0.3 is 15.1 Å². The van der Waals surface area contributed by atoms with Crippen LogP contribution in [0.4, 0.5) is 0 Å². The second-order valence-corrected chi connectivity index (χ2v) is 7.93. The number of carbonyl (C=O) groups is 2. The molecule has 2 atom stereocenters. The summed E-state index contributed by atoms with van der Waals surface area (Å²) in [6.45, 7) is 0. The molecule has 0 radical (unpaired) electrons. The number of hydrogen-bond donors (Lipinski definition) is 2. The van der Waals surface area contributed by atoms with E-state index in [1.807, 2.05) is 12.3 Å². The summed E-state index contributed by atoms with van der Waals surface area (Å²) in [5, 5.41) is 6.30. The van der Waals surface area contributed by atoms with Gasteiger partial charge in [-0.1, -0.05) is 23.7 Å². The zero-order chi connectivity index (χ0) is 19.2. The number of aryl methyl sites for hydroxylation is 1. The number of amides is 2. The minimum Gasteiger partial charge on any atom is -0.469 e. The molecule has 0 bridgehead atoms. The molecule has 1 aromatic heterocycles. The van der Waals surface area contributed by atoms with E-state index in [1.54, 1.807) is 42.3 Å². The molecule has 144 valence electrons. The van der Waals surface area contributed by atoms with Crippen molar-refractivity contribution in [2.45, 2.75) is 37.8 Å². The molecule has 27 heavy (non-hydrogen) atoms. The number of furan rings is 1. The third-order valence-corrected chi connectivity index (χ3v) is 5.69. The third kappa shape index (κ3) is 4.87. The van der Waals surface area contributed by atoms with Crippen molar-refractivity contribution in [3.63, 3.8) is 0 Å². The first-order valence-corrected chi connectivity index (χ1v) is 10.8. The van der Waals surface area contributed by atoms with E-state index in [-0.39, 0.29) is 17.9 Å². The average Bonchev–Trinajstić information content (AvgIpc) is 3.15. The van der Waals surface area contributed by atoms with Gasteiger partial charge in [-0.25, -0.2) is 0 Å². The van der Waals surface area contributed by atoms with Gasteiger partial charge in [-0.3, -0.25) is 9.59 Å². The van der Waals surface area contributed by atoms with Gasteiger partial charge in [0.05, 0.1) is 22.9 Å². The molecular weight excluding hydrogens is 384 g/mol. The lowest BCUT2D eigenvalue weighted by Gasteiger charge is -2.26. The maximum atomic E-state index is 12.9. The molecule has 1 heterocycles. The molecule has 2 unspecified atom stereocenters. The molecule has 0 saturated carbocycles. The summed E-state index contributed by atoms with van der Waals surface area (Å²) < 4.78 is 5.49. The summed E-state index contributed by atoms with van der Waals surface area (Å²) in [5.41, 5.74) is 1.41. The average molecular weight is 407 g/mol. The van der Waals surface area contributed by atoms with Gasteiger partial charge in [0.15, 0.2) is 0 Å². The van der Waals surface area contributed by atoms with Crippen molar-refractivity contribution in [2.75, 3.05) is 12.0 Å². The first-order valence-electron chi connectivity index (χ1n) is 9.01. The molecule has 0 spiro atoms. The molecule has 1 aliphatic rings. The number of thioether (sulfide) groups is 1. The van der Waals surface area contributed by atoms with Crippen LogP contribution in [0, 0.1) is 0 Å². The Balaban J connectivity index is 1.70. The number of halogens is 1. The predicted octanol–water partition coefficient (Wildman–Crippen LogP) is 3.98. The highest BCUT2D eigenvalue weighted by molar-refractivity contribution is 7.98. The van der Waals surface area contributed by atoms with Crippen molar-refractivity contribution in [3.05, 3.63) is 58.5 Å². The molecule has 0 fully saturated rings. The predicted molar refractivity (Wildman–Crippen MR) is 108 cm³/mol. The quantitative estimate of drug-likeness (QED) is 0.729. The Labute approximate surface area is 168 Å². The van der Waals surface area contributed by atoms with E-state index in [1.165, 1.54) is 0 Å². The standard InChI is InChI=1S/C20H23ClN2O3S/c1-27-12-10-17(23-19(24)13-5-2-3-6-15(13)21)20(25)22-16-7-4-8-18-14(16)9-11-26-18/h2-3,5-6,9,11,16-17H,4,7-8,10,12H2,1H3,(H,22,25)(H,23,24). The van der Waals surface area contributed by atoms with Gasteiger partial charge in [0.25, 0.3) is 5.91 Å². The zero-order valence-corrected chi connectivity index (χ0v) is 16.7. The van der Waals surface area contributed by atoms with Crippen molar-refractivity contribution in [3.8, 4) is 0 Å². The highest BCUT2D eigenvalue weighted by Gasteiger charge is 2.28. The van der Waals surface area contributed by atoms with Crippen LogP contribution in [-0.2, 0) is 11.2 Å². The number of benzene rings is 1. The van der Waals surface area contributed by atoms with E-state index in [0.29, 0.717) is 17.0 Å². The Bertz CT molecular complexity index is 808. The van der Waals surface area contributed by atoms with E-state index in [9.17, 15) is 9.59 Å². The molecule has 1 aromatic carbocycles. The topological polar surface area (TPSA) is 71.3 Å². The second-order valence-electron chi connectivity index (χ2n) is 6.54. The summed E-state index contributed by atoms with van der Waals surface area (Å²) in [5.74, 6) is 1.19. The van der Waals surface area contributed by atoms with Crippen molar-refractivity contribution in [2.24, 2.45) is 0 Å². The van der Waals surface area contributed by atoms with Crippen molar-refractivity contribution in [1.82, 2.24) is 10.6 Å². The van der Waals surface area contributed by atoms with Gasteiger partial charge in [-0.2, -0.15) is 11.8 Å². The highest BCUT2D eigenvalue weighted by Crippen LogP contribution is 2.30. The first-order chi connectivity index (χ1) is 13.1. The van der Waals surface area contributed by atoms with Crippen LogP contribution >= 0.6 is 23.4 Å². The van der Waals surface area contributed by atoms with Crippen molar-refractivity contribution in [1.29, 1.82) is 0 Å². The number of hydrogen-bond acceptors (Lipinski definition) is 4. The fourth-order valence-corrected chi connectivity index (χ4v) is 3.99. The van der Waals surface area contributed by atoms with Gasteiger partial charge in [0.2, 0.25) is 5.91 Å². The second kappa shape index (κ2) is 9.33. The lowest BCUT2D eigenvalue weighted by atomic mass is 9.93. The van der Waals surface area contributed by atoms with Gasteiger partial charge in [-0.05, 0) is 49.5 Å². The number of nitrogens with one attached hydrogen (secondary N) is 2. The lowest BCUT2D eigenvalue weighted by molar-refractivity contribution is -0.123. The Hall–Kier alpha value is -1.92. The maximum Gasteiger partial charge on any atom is 0.253 e. The summed E-state index contributed by atoms with van der Waals surface area (Å²) in [6.07, 6.45) is 6.92. The Kier molecular flexibility index (Phi) is 6.85. The molecule has 3 rings (SSSR count). The summed E-state index contributed by atoms with van der Waals surface area (Å²) in [6, 6.07) is 8.06. The van der Waals surface area contributed by atoms with Crippen LogP contribution in [0.15, 0.2) is 41.0 Å². The molecule has 0 aliphatic heterocycles. The zero-order valence-electron chi connectivity index (χ0n) is 15.2. The fraction of sp³-hybridized carbons (Fsp3) is 0.400.